The molecule has 1 amide bonds. The van der Waals surface area contributed by atoms with E-state index < -0.39 is 11.7 Å². The number of nitrogens with zero attached hydrogens (tertiary/aromatic N) is 2. The number of carbonyl (C=O) groups is 1. The lowest BCUT2D eigenvalue weighted by Crippen LogP contribution is -2.16. The van der Waals surface area contributed by atoms with Crippen LogP contribution in [0.5, 0.6) is 0 Å². The number of pyridine rings is 2. The minimum absolute atomic E-state index is 0.0603. The average molecular weight is 353 g/mol. The minimum Gasteiger partial charge on any atom is -0.368 e. The molecule has 0 fully saturated rings. The first-order valence-corrected chi connectivity index (χ1v) is 7.14. The first-order valence-electron chi connectivity index (χ1n) is 6.34. The molecule has 0 unspecified atom stereocenters. The lowest BCUT2D eigenvalue weighted by atomic mass is 10.2. The van der Waals surface area contributed by atoms with Crippen LogP contribution in [0.15, 0.2) is 29.0 Å². The fraction of sp³-hybridized carbons (Fsp3) is 0.214. The molecule has 2 N–H and O–H groups in total. The fourth-order valence-electron chi connectivity index (χ4n) is 1.70. The van der Waals surface area contributed by atoms with Gasteiger partial charge in [0.05, 0.1) is 5.56 Å². The maximum atomic E-state index is 14.1. The summed E-state index contributed by atoms with van der Waals surface area (Å²) >= 11 is 3.33. The fourth-order valence-corrected chi connectivity index (χ4v) is 1.92. The van der Waals surface area contributed by atoms with E-state index in [-0.39, 0.29) is 11.4 Å². The molecule has 7 heteroatoms. The molecule has 2 heterocycles. The number of amides is 1. The van der Waals surface area contributed by atoms with Crippen LogP contribution in [0.3, 0.4) is 0 Å². The smallest absolute Gasteiger partial charge is 0.259 e. The van der Waals surface area contributed by atoms with Gasteiger partial charge in [0.2, 0.25) is 0 Å². The van der Waals surface area contributed by atoms with Crippen molar-refractivity contribution in [3.05, 3.63) is 45.9 Å². The highest BCUT2D eigenvalue weighted by Gasteiger charge is 2.16. The maximum absolute atomic E-state index is 14.1. The Morgan fingerprint density at radius 2 is 2.19 bits per heavy atom. The number of rotatable bonds is 4. The molecule has 0 aromatic carbocycles. The van der Waals surface area contributed by atoms with Gasteiger partial charge in [0.15, 0.2) is 11.6 Å². The largest absolute Gasteiger partial charge is 0.368 e. The molecule has 21 heavy (non-hydrogen) atoms. The number of anilines is 2. The van der Waals surface area contributed by atoms with Gasteiger partial charge in [0.25, 0.3) is 5.91 Å². The summed E-state index contributed by atoms with van der Waals surface area (Å²) in [6, 6.07) is 3.03. The quantitative estimate of drug-likeness (QED) is 0.885. The predicted molar refractivity (Wildman–Crippen MR) is 83.0 cm³/mol. The van der Waals surface area contributed by atoms with Crippen molar-refractivity contribution in [2.45, 2.75) is 13.8 Å². The summed E-state index contributed by atoms with van der Waals surface area (Å²) in [6.07, 6.45) is 2.97. The van der Waals surface area contributed by atoms with Crippen molar-refractivity contribution < 1.29 is 9.18 Å². The highest BCUT2D eigenvalue weighted by molar-refractivity contribution is 9.10. The summed E-state index contributed by atoms with van der Waals surface area (Å²) in [5, 5.41) is 5.33. The van der Waals surface area contributed by atoms with Crippen molar-refractivity contribution in [3.8, 4) is 0 Å². The molecule has 2 rings (SSSR count). The van der Waals surface area contributed by atoms with Gasteiger partial charge < -0.3 is 10.6 Å². The molecule has 0 spiro atoms. The summed E-state index contributed by atoms with van der Waals surface area (Å²) in [7, 11) is 0. The first kappa shape index (κ1) is 15.4. The van der Waals surface area contributed by atoms with Gasteiger partial charge in [-0.2, -0.15) is 0 Å². The van der Waals surface area contributed by atoms with Crippen molar-refractivity contribution in [2.75, 3.05) is 17.2 Å². The van der Waals surface area contributed by atoms with Gasteiger partial charge >= 0.3 is 0 Å². The molecule has 2 aromatic rings. The topological polar surface area (TPSA) is 66.9 Å². The number of hydrogen-bond acceptors (Lipinski definition) is 4. The van der Waals surface area contributed by atoms with Crippen LogP contribution in [0.25, 0.3) is 0 Å². The Bertz CT molecular complexity index is 678. The van der Waals surface area contributed by atoms with Gasteiger partial charge in [-0.3, -0.25) is 4.79 Å². The van der Waals surface area contributed by atoms with E-state index in [0.29, 0.717) is 12.4 Å². The zero-order valence-corrected chi connectivity index (χ0v) is 13.2. The molecular weight excluding hydrogens is 339 g/mol. The molecule has 0 saturated heterocycles. The SMILES string of the molecule is CCNc1nccc(C(=O)Nc2cc(C)c(Br)cn2)c1F. The Balaban J connectivity index is 2.24. The van der Waals surface area contributed by atoms with Crippen molar-refractivity contribution in [3.63, 3.8) is 0 Å². The zero-order chi connectivity index (χ0) is 15.4. The molecule has 0 bridgehead atoms. The Morgan fingerprint density at radius 3 is 2.86 bits per heavy atom. The van der Waals surface area contributed by atoms with E-state index in [1.165, 1.54) is 12.3 Å². The predicted octanol–water partition coefficient (Wildman–Crippen LogP) is 3.37. The third-order valence-corrected chi connectivity index (χ3v) is 3.60. The average Bonchev–Trinajstić information content (AvgIpc) is 2.45. The number of aryl methyl sites for hydroxylation is 1. The Morgan fingerprint density at radius 1 is 1.43 bits per heavy atom. The summed E-state index contributed by atoms with van der Waals surface area (Å²) in [4.78, 5) is 20.0. The summed E-state index contributed by atoms with van der Waals surface area (Å²) in [5.41, 5.74) is 0.840. The Labute approximate surface area is 130 Å². The normalized spacial score (nSPS) is 10.3. The Hall–Kier alpha value is -2.02. The van der Waals surface area contributed by atoms with Gasteiger partial charge in [0, 0.05) is 23.4 Å². The number of hydrogen-bond donors (Lipinski definition) is 2. The molecule has 0 radical (unpaired) electrons. The molecule has 0 atom stereocenters. The molecule has 110 valence electrons. The highest BCUT2D eigenvalue weighted by atomic mass is 79.9. The second-order valence-corrected chi connectivity index (χ2v) is 5.18. The van der Waals surface area contributed by atoms with E-state index in [1.807, 2.05) is 13.8 Å². The highest BCUT2D eigenvalue weighted by Crippen LogP contribution is 2.19. The zero-order valence-electron chi connectivity index (χ0n) is 11.6. The number of nitrogens with one attached hydrogen (secondary N) is 2. The van der Waals surface area contributed by atoms with Gasteiger partial charge in [-0.05, 0) is 47.5 Å². The van der Waals surface area contributed by atoms with Crippen LogP contribution in [0, 0.1) is 12.7 Å². The van der Waals surface area contributed by atoms with Crippen LogP contribution in [-0.4, -0.2) is 22.4 Å². The first-order chi connectivity index (χ1) is 10.0. The standard InChI is InChI=1S/C14H14BrFN4O/c1-3-17-13-12(16)9(4-5-18-13)14(21)20-11-6-8(2)10(15)7-19-11/h4-7H,3H2,1-2H3,(H,17,18)(H,19,20,21). The number of halogens is 2. The van der Waals surface area contributed by atoms with Gasteiger partial charge in [-0.25, -0.2) is 14.4 Å². The van der Waals surface area contributed by atoms with Crippen molar-refractivity contribution in [2.24, 2.45) is 0 Å². The number of aromatic nitrogens is 2. The summed E-state index contributed by atoms with van der Waals surface area (Å²) in [5.74, 6) is -0.819. The molecule has 0 aliphatic heterocycles. The molecule has 0 aliphatic rings. The van der Waals surface area contributed by atoms with E-state index in [4.69, 9.17) is 0 Å². The van der Waals surface area contributed by atoms with E-state index in [1.54, 1.807) is 12.3 Å². The minimum atomic E-state index is -0.675. The van der Waals surface area contributed by atoms with Crippen molar-refractivity contribution in [1.29, 1.82) is 0 Å². The number of carbonyl (C=O) groups excluding carboxylic acids is 1. The van der Waals surface area contributed by atoms with Crippen LogP contribution in [0.4, 0.5) is 16.0 Å². The van der Waals surface area contributed by atoms with E-state index in [2.05, 4.69) is 36.5 Å². The lowest BCUT2D eigenvalue weighted by molar-refractivity contribution is 0.102. The van der Waals surface area contributed by atoms with Gasteiger partial charge in [0.1, 0.15) is 5.82 Å². The second-order valence-electron chi connectivity index (χ2n) is 4.32. The van der Waals surface area contributed by atoms with Crippen molar-refractivity contribution in [1.82, 2.24) is 9.97 Å². The van der Waals surface area contributed by atoms with Crippen LogP contribution in [0.1, 0.15) is 22.8 Å². The van der Waals surface area contributed by atoms with Gasteiger partial charge in [-0.15, -0.1) is 0 Å². The van der Waals surface area contributed by atoms with E-state index in [9.17, 15) is 9.18 Å². The van der Waals surface area contributed by atoms with Crippen LogP contribution in [0.2, 0.25) is 0 Å². The molecule has 0 saturated carbocycles. The third kappa shape index (κ3) is 3.55. The Kier molecular flexibility index (Phi) is 4.85. The van der Waals surface area contributed by atoms with Crippen molar-refractivity contribution >= 4 is 33.5 Å². The second kappa shape index (κ2) is 6.62. The van der Waals surface area contributed by atoms with E-state index in [0.717, 1.165) is 10.0 Å². The maximum Gasteiger partial charge on any atom is 0.259 e. The van der Waals surface area contributed by atoms with Crippen LogP contribution < -0.4 is 10.6 Å². The molecular formula is C14H14BrFN4O. The molecule has 5 nitrogen and oxygen atoms in total. The monoisotopic (exact) mass is 352 g/mol. The lowest BCUT2D eigenvalue weighted by Gasteiger charge is -2.09. The molecule has 2 aromatic heterocycles. The van der Waals surface area contributed by atoms with Crippen LogP contribution in [-0.2, 0) is 0 Å². The summed E-state index contributed by atoms with van der Waals surface area (Å²) in [6.45, 7) is 4.21. The van der Waals surface area contributed by atoms with E-state index >= 15 is 0 Å². The summed E-state index contributed by atoms with van der Waals surface area (Å²) < 4.78 is 15.0. The third-order valence-electron chi connectivity index (χ3n) is 2.77. The van der Waals surface area contributed by atoms with Crippen LogP contribution >= 0.6 is 15.9 Å². The molecule has 0 aliphatic carbocycles. The van der Waals surface area contributed by atoms with Gasteiger partial charge in [-0.1, -0.05) is 0 Å².